The third-order valence-corrected chi connectivity index (χ3v) is 4.68. The van der Waals surface area contributed by atoms with Crippen molar-refractivity contribution in [1.29, 1.82) is 0 Å². The summed E-state index contributed by atoms with van der Waals surface area (Å²) < 4.78 is 1.83. The predicted octanol–water partition coefficient (Wildman–Crippen LogP) is 0.945. The molecule has 1 amide bonds. The number of aromatic nitrogens is 2. The van der Waals surface area contributed by atoms with Gasteiger partial charge in [0.25, 0.3) is 0 Å². The molecule has 2 N–H and O–H groups in total. The normalized spacial score (nSPS) is 16.2. The molecule has 1 atom stereocenters. The Hall–Kier alpha value is -1.70. The summed E-state index contributed by atoms with van der Waals surface area (Å²) in [5.41, 5.74) is 1.37. The van der Waals surface area contributed by atoms with Gasteiger partial charge in [-0.25, -0.2) is 0 Å². The van der Waals surface area contributed by atoms with E-state index in [1.54, 1.807) is 17.4 Å². The van der Waals surface area contributed by atoms with Crippen molar-refractivity contribution < 1.29 is 15.0 Å². The number of thiophene rings is 1. The molecular formula is C15H19N3O3S. The van der Waals surface area contributed by atoms with Gasteiger partial charge in [-0.2, -0.15) is 5.10 Å². The SMILES string of the molecule is O=C(Cc1cccs1)N1CCCn2nc([C@H](O)CO)cc2C1. The lowest BCUT2D eigenvalue weighted by molar-refractivity contribution is -0.131. The second-order valence-corrected chi connectivity index (χ2v) is 6.44. The summed E-state index contributed by atoms with van der Waals surface area (Å²) in [6.07, 6.45) is 0.298. The van der Waals surface area contributed by atoms with E-state index in [1.165, 1.54) is 0 Å². The number of carbonyl (C=O) groups excluding carboxylic acids is 1. The molecule has 0 radical (unpaired) electrons. The largest absolute Gasteiger partial charge is 0.393 e. The lowest BCUT2D eigenvalue weighted by Gasteiger charge is -2.19. The molecule has 0 unspecified atom stereocenters. The molecule has 22 heavy (non-hydrogen) atoms. The first-order chi connectivity index (χ1) is 10.7. The zero-order valence-electron chi connectivity index (χ0n) is 12.2. The van der Waals surface area contributed by atoms with Gasteiger partial charge >= 0.3 is 0 Å². The van der Waals surface area contributed by atoms with E-state index in [-0.39, 0.29) is 12.5 Å². The number of aliphatic hydroxyl groups excluding tert-OH is 2. The van der Waals surface area contributed by atoms with Crippen molar-refractivity contribution in [2.24, 2.45) is 0 Å². The van der Waals surface area contributed by atoms with Gasteiger partial charge in [-0.1, -0.05) is 6.07 Å². The Morgan fingerprint density at radius 3 is 3.05 bits per heavy atom. The van der Waals surface area contributed by atoms with E-state index in [2.05, 4.69) is 5.10 Å². The van der Waals surface area contributed by atoms with Crippen LogP contribution in [0, 0.1) is 0 Å². The summed E-state index contributed by atoms with van der Waals surface area (Å²) in [4.78, 5) is 15.3. The van der Waals surface area contributed by atoms with Crippen LogP contribution in [0.4, 0.5) is 0 Å². The molecule has 0 saturated heterocycles. The molecule has 0 bridgehead atoms. The van der Waals surface area contributed by atoms with Gasteiger partial charge in [-0.05, 0) is 23.9 Å². The van der Waals surface area contributed by atoms with E-state index in [1.807, 2.05) is 27.1 Å². The summed E-state index contributed by atoms with van der Waals surface area (Å²) in [7, 11) is 0. The van der Waals surface area contributed by atoms with Gasteiger partial charge in [-0.15, -0.1) is 11.3 Å². The van der Waals surface area contributed by atoms with E-state index in [4.69, 9.17) is 5.11 Å². The van der Waals surface area contributed by atoms with E-state index in [0.717, 1.165) is 23.5 Å². The summed E-state index contributed by atoms with van der Waals surface area (Å²) in [5.74, 6) is 0.112. The van der Waals surface area contributed by atoms with Crippen molar-refractivity contribution in [2.45, 2.75) is 32.0 Å². The molecule has 3 rings (SSSR count). The molecule has 3 heterocycles. The monoisotopic (exact) mass is 321 g/mol. The zero-order valence-corrected chi connectivity index (χ0v) is 13.0. The lowest BCUT2D eigenvalue weighted by atomic mass is 10.2. The van der Waals surface area contributed by atoms with E-state index in [0.29, 0.717) is 25.2 Å². The highest BCUT2D eigenvalue weighted by Gasteiger charge is 2.22. The Labute approximate surface area is 132 Å². The number of carbonyl (C=O) groups is 1. The molecular weight excluding hydrogens is 302 g/mol. The van der Waals surface area contributed by atoms with Crippen molar-refractivity contribution in [3.63, 3.8) is 0 Å². The Morgan fingerprint density at radius 2 is 2.32 bits per heavy atom. The average Bonchev–Trinajstić information content (AvgIpc) is 3.12. The van der Waals surface area contributed by atoms with Crippen molar-refractivity contribution in [3.8, 4) is 0 Å². The molecule has 2 aromatic heterocycles. The first-order valence-electron chi connectivity index (χ1n) is 7.33. The van der Waals surface area contributed by atoms with Gasteiger partial charge in [0.1, 0.15) is 6.10 Å². The van der Waals surface area contributed by atoms with Crippen molar-refractivity contribution in [1.82, 2.24) is 14.7 Å². The van der Waals surface area contributed by atoms with Crippen molar-refractivity contribution >= 4 is 17.2 Å². The van der Waals surface area contributed by atoms with Gasteiger partial charge in [-0.3, -0.25) is 9.48 Å². The third kappa shape index (κ3) is 3.21. The van der Waals surface area contributed by atoms with Gasteiger partial charge < -0.3 is 15.1 Å². The lowest BCUT2D eigenvalue weighted by Crippen LogP contribution is -2.31. The topological polar surface area (TPSA) is 78.6 Å². The van der Waals surface area contributed by atoms with E-state index < -0.39 is 6.10 Å². The predicted molar refractivity (Wildman–Crippen MR) is 82.3 cm³/mol. The number of nitrogens with zero attached hydrogens (tertiary/aromatic N) is 3. The van der Waals surface area contributed by atoms with Gasteiger partial charge in [0, 0.05) is 18.0 Å². The minimum atomic E-state index is -0.963. The molecule has 2 aromatic rings. The van der Waals surface area contributed by atoms with E-state index in [9.17, 15) is 9.90 Å². The quantitative estimate of drug-likeness (QED) is 0.879. The fraction of sp³-hybridized carbons (Fsp3) is 0.467. The van der Waals surface area contributed by atoms with Crippen LogP contribution in [0.3, 0.4) is 0 Å². The maximum Gasteiger partial charge on any atom is 0.228 e. The van der Waals surface area contributed by atoms with Crippen LogP contribution in [0.5, 0.6) is 0 Å². The standard InChI is InChI=1S/C15H19N3O3S/c19-10-14(20)13-7-11-9-17(4-2-5-18(11)16-13)15(21)8-12-3-1-6-22-12/h1,3,6-7,14,19-20H,2,4-5,8-10H2/t14-/m1/s1. The maximum absolute atomic E-state index is 12.4. The number of amides is 1. The fourth-order valence-corrected chi connectivity index (χ4v) is 3.32. The summed E-state index contributed by atoms with van der Waals surface area (Å²) >= 11 is 1.59. The highest BCUT2D eigenvalue weighted by atomic mass is 32.1. The van der Waals surface area contributed by atoms with Crippen molar-refractivity contribution in [3.05, 3.63) is 39.8 Å². The summed E-state index contributed by atoms with van der Waals surface area (Å²) in [6, 6.07) is 5.70. The average molecular weight is 321 g/mol. The Kier molecular flexibility index (Phi) is 4.56. The first kappa shape index (κ1) is 15.2. The molecule has 7 heteroatoms. The van der Waals surface area contributed by atoms with Gasteiger partial charge in [0.05, 0.1) is 31.0 Å². The second-order valence-electron chi connectivity index (χ2n) is 5.41. The second kappa shape index (κ2) is 6.60. The molecule has 1 aliphatic heterocycles. The van der Waals surface area contributed by atoms with Crippen LogP contribution in [0.1, 0.15) is 28.8 Å². The Morgan fingerprint density at radius 1 is 1.45 bits per heavy atom. The van der Waals surface area contributed by atoms with Gasteiger partial charge in [0.15, 0.2) is 0 Å². The van der Waals surface area contributed by atoms with Crippen LogP contribution in [-0.2, 0) is 24.3 Å². The van der Waals surface area contributed by atoms with E-state index >= 15 is 0 Å². The van der Waals surface area contributed by atoms with Crippen LogP contribution >= 0.6 is 11.3 Å². The fourth-order valence-electron chi connectivity index (χ4n) is 2.63. The number of fused-ring (bicyclic) bond motifs is 1. The number of aliphatic hydroxyl groups is 2. The Bertz CT molecular complexity index is 639. The zero-order chi connectivity index (χ0) is 15.5. The molecule has 1 aliphatic rings. The summed E-state index contributed by atoms with van der Waals surface area (Å²) in [5, 5.41) is 25.0. The van der Waals surface area contributed by atoms with Crippen LogP contribution in [0.15, 0.2) is 23.6 Å². The third-order valence-electron chi connectivity index (χ3n) is 3.81. The Balaban J connectivity index is 1.73. The highest BCUT2D eigenvalue weighted by Crippen LogP contribution is 2.19. The highest BCUT2D eigenvalue weighted by molar-refractivity contribution is 7.10. The smallest absolute Gasteiger partial charge is 0.228 e. The minimum Gasteiger partial charge on any atom is -0.393 e. The number of aryl methyl sites for hydroxylation is 1. The number of hydrogen-bond donors (Lipinski definition) is 2. The first-order valence-corrected chi connectivity index (χ1v) is 8.21. The van der Waals surface area contributed by atoms with Crippen LogP contribution < -0.4 is 0 Å². The molecule has 0 fully saturated rings. The minimum absolute atomic E-state index is 0.112. The number of hydrogen-bond acceptors (Lipinski definition) is 5. The summed E-state index contributed by atoms with van der Waals surface area (Å²) in [6.45, 7) is 1.58. The van der Waals surface area contributed by atoms with Gasteiger partial charge in [0.2, 0.25) is 5.91 Å². The number of rotatable bonds is 4. The van der Waals surface area contributed by atoms with Crippen LogP contribution in [-0.4, -0.2) is 44.0 Å². The van der Waals surface area contributed by atoms with Crippen LogP contribution in [0.2, 0.25) is 0 Å². The molecule has 0 saturated carbocycles. The molecule has 0 aliphatic carbocycles. The van der Waals surface area contributed by atoms with Crippen LogP contribution in [0.25, 0.3) is 0 Å². The van der Waals surface area contributed by atoms with Crippen molar-refractivity contribution in [2.75, 3.05) is 13.2 Å². The molecule has 118 valence electrons. The molecule has 0 aromatic carbocycles. The molecule has 0 spiro atoms. The maximum atomic E-state index is 12.4. The molecule has 6 nitrogen and oxygen atoms in total.